The van der Waals surface area contributed by atoms with E-state index < -0.39 is 0 Å². The van der Waals surface area contributed by atoms with Crippen LogP contribution in [-0.2, 0) is 6.42 Å². The summed E-state index contributed by atoms with van der Waals surface area (Å²) in [6, 6.07) is 33.3. The highest BCUT2D eigenvalue weighted by atomic mass is 79.9. The number of nitrogen functional groups attached to an aromatic ring is 1. The van der Waals surface area contributed by atoms with Crippen molar-refractivity contribution in [1.29, 1.82) is 0 Å². The Balaban J connectivity index is 1.91. The molecule has 32 heavy (non-hydrogen) atoms. The van der Waals surface area contributed by atoms with Crippen molar-refractivity contribution in [1.82, 2.24) is 4.98 Å². The number of anilines is 1. The van der Waals surface area contributed by atoms with Gasteiger partial charge >= 0.3 is 0 Å². The summed E-state index contributed by atoms with van der Waals surface area (Å²) in [4.78, 5) is 5.15. The number of hydrogen-bond acceptors (Lipinski definition) is 2. The molecule has 4 aromatic carbocycles. The van der Waals surface area contributed by atoms with Gasteiger partial charge in [-0.05, 0) is 59.5 Å². The molecule has 1 aromatic heterocycles. The summed E-state index contributed by atoms with van der Waals surface area (Å²) in [6.07, 6.45) is 0.793. The van der Waals surface area contributed by atoms with Crippen molar-refractivity contribution in [3.63, 3.8) is 0 Å². The second kappa shape index (κ2) is 8.89. The zero-order valence-corrected chi connectivity index (χ0v) is 20.4. The van der Waals surface area contributed by atoms with Gasteiger partial charge in [0, 0.05) is 31.1 Å². The van der Waals surface area contributed by atoms with Crippen LogP contribution in [-0.4, -0.2) is 4.98 Å². The number of pyridine rings is 1. The van der Waals surface area contributed by atoms with E-state index in [4.69, 9.17) is 10.7 Å². The maximum absolute atomic E-state index is 6.47. The Kier molecular flexibility index (Phi) is 5.81. The average Bonchev–Trinajstić information content (AvgIpc) is 2.82. The number of nitrogens with two attached hydrogens (primary N) is 1. The first-order chi connectivity index (χ1) is 15.6. The Morgan fingerprint density at radius 3 is 2.12 bits per heavy atom. The van der Waals surface area contributed by atoms with Crippen molar-refractivity contribution in [2.45, 2.75) is 6.42 Å². The van der Waals surface area contributed by atoms with Crippen LogP contribution in [0.25, 0.3) is 33.3 Å². The highest BCUT2D eigenvalue weighted by Crippen LogP contribution is 2.41. The van der Waals surface area contributed by atoms with Crippen LogP contribution in [0.3, 0.4) is 0 Å². The first kappa shape index (κ1) is 20.9. The number of fused-ring (bicyclic) bond motifs is 1. The Hall–Kier alpha value is -2.95. The molecule has 0 spiro atoms. The number of benzene rings is 4. The molecule has 1 heterocycles. The third-order valence-electron chi connectivity index (χ3n) is 5.61. The molecule has 0 unspecified atom stereocenters. The van der Waals surface area contributed by atoms with Crippen LogP contribution in [0.4, 0.5) is 5.69 Å². The molecule has 0 aliphatic rings. The third-order valence-corrected chi connectivity index (χ3v) is 6.60. The minimum atomic E-state index is 0.708. The second-order valence-corrected chi connectivity index (χ2v) is 9.57. The molecule has 2 N–H and O–H groups in total. The van der Waals surface area contributed by atoms with E-state index in [-0.39, 0.29) is 0 Å². The van der Waals surface area contributed by atoms with Crippen molar-refractivity contribution in [3.05, 3.63) is 117 Å². The van der Waals surface area contributed by atoms with Gasteiger partial charge in [-0.2, -0.15) is 0 Å². The zero-order chi connectivity index (χ0) is 22.1. The molecule has 2 nitrogen and oxygen atoms in total. The molecule has 0 atom stereocenters. The fraction of sp³-hybridized carbons (Fsp3) is 0.0357. The van der Waals surface area contributed by atoms with E-state index in [0.29, 0.717) is 5.69 Å². The summed E-state index contributed by atoms with van der Waals surface area (Å²) < 4.78 is 2.01. The normalized spacial score (nSPS) is 11.1. The van der Waals surface area contributed by atoms with E-state index >= 15 is 0 Å². The molecule has 0 radical (unpaired) electrons. The molecule has 0 fully saturated rings. The molecular formula is C28H20Br2N2. The zero-order valence-electron chi connectivity index (χ0n) is 17.2. The fourth-order valence-electron chi connectivity index (χ4n) is 4.13. The molecule has 5 aromatic rings. The van der Waals surface area contributed by atoms with Gasteiger partial charge in [0.25, 0.3) is 0 Å². The Morgan fingerprint density at radius 1 is 0.719 bits per heavy atom. The number of rotatable bonds is 4. The van der Waals surface area contributed by atoms with Crippen molar-refractivity contribution >= 4 is 48.5 Å². The summed E-state index contributed by atoms with van der Waals surface area (Å²) in [7, 11) is 0. The molecule has 0 amide bonds. The number of aromatic nitrogens is 1. The fourth-order valence-corrected chi connectivity index (χ4v) is 4.85. The van der Waals surface area contributed by atoms with E-state index in [1.807, 2.05) is 24.3 Å². The molecule has 0 aliphatic heterocycles. The predicted octanol–water partition coefficient (Wildman–Crippen LogP) is 8.27. The van der Waals surface area contributed by atoms with Crippen molar-refractivity contribution in [2.24, 2.45) is 0 Å². The number of nitrogens with zero attached hydrogens (tertiary/aromatic N) is 1. The smallest absolute Gasteiger partial charge is 0.0812 e. The molecule has 5 rings (SSSR count). The Labute approximate surface area is 204 Å². The second-order valence-electron chi connectivity index (χ2n) is 7.74. The number of halogens is 2. The molecule has 0 bridgehead atoms. The van der Waals surface area contributed by atoms with Crippen LogP contribution >= 0.6 is 31.9 Å². The van der Waals surface area contributed by atoms with Crippen molar-refractivity contribution < 1.29 is 0 Å². The van der Waals surface area contributed by atoms with Crippen LogP contribution in [0.1, 0.15) is 11.1 Å². The summed E-state index contributed by atoms with van der Waals surface area (Å²) in [5.41, 5.74) is 14.7. The summed E-state index contributed by atoms with van der Waals surface area (Å²) >= 11 is 7.28. The molecule has 0 aliphatic carbocycles. The molecule has 4 heteroatoms. The monoisotopic (exact) mass is 542 g/mol. The maximum atomic E-state index is 6.47. The largest absolute Gasteiger partial charge is 0.398 e. The van der Waals surface area contributed by atoms with Crippen LogP contribution in [0, 0.1) is 0 Å². The summed E-state index contributed by atoms with van der Waals surface area (Å²) in [5.74, 6) is 0. The SMILES string of the molecule is Nc1ccc(Br)cc1-c1nc2ccc(Br)cc2c(Cc2ccccc2)c1-c1ccccc1. The van der Waals surface area contributed by atoms with Crippen LogP contribution < -0.4 is 5.73 Å². The predicted molar refractivity (Wildman–Crippen MR) is 142 cm³/mol. The van der Waals surface area contributed by atoms with Gasteiger partial charge in [0.15, 0.2) is 0 Å². The summed E-state index contributed by atoms with van der Waals surface area (Å²) in [6.45, 7) is 0. The number of hydrogen-bond donors (Lipinski definition) is 1. The lowest BCUT2D eigenvalue weighted by atomic mass is 9.88. The maximum Gasteiger partial charge on any atom is 0.0812 e. The third kappa shape index (κ3) is 4.08. The van der Waals surface area contributed by atoms with E-state index in [0.717, 1.165) is 48.7 Å². The minimum absolute atomic E-state index is 0.708. The topological polar surface area (TPSA) is 38.9 Å². The highest BCUT2D eigenvalue weighted by Gasteiger charge is 2.20. The molecular weight excluding hydrogens is 524 g/mol. The van der Waals surface area contributed by atoms with Gasteiger partial charge in [-0.25, -0.2) is 4.98 Å². The molecule has 156 valence electrons. The van der Waals surface area contributed by atoms with Crippen LogP contribution in [0.2, 0.25) is 0 Å². The lowest BCUT2D eigenvalue weighted by Gasteiger charge is -2.19. The first-order valence-electron chi connectivity index (χ1n) is 10.4. The summed E-state index contributed by atoms with van der Waals surface area (Å²) in [5, 5.41) is 1.14. The lowest BCUT2D eigenvalue weighted by molar-refractivity contribution is 1.20. The highest BCUT2D eigenvalue weighted by molar-refractivity contribution is 9.10. The van der Waals surface area contributed by atoms with Gasteiger partial charge in [-0.15, -0.1) is 0 Å². The quantitative estimate of drug-likeness (QED) is 0.232. The average molecular weight is 544 g/mol. The van der Waals surface area contributed by atoms with Crippen LogP contribution in [0.15, 0.2) is 106 Å². The van der Waals surface area contributed by atoms with E-state index in [1.54, 1.807) is 0 Å². The van der Waals surface area contributed by atoms with E-state index in [9.17, 15) is 0 Å². The molecule has 0 saturated heterocycles. The van der Waals surface area contributed by atoms with Gasteiger partial charge in [0.2, 0.25) is 0 Å². The standard InChI is InChI=1S/C28H20Br2N2/c29-20-11-13-25(31)24(17-20)28-27(19-9-5-2-6-10-19)23(15-18-7-3-1-4-8-18)22-16-21(30)12-14-26(22)32-28/h1-14,16-17H,15,31H2. The Bertz CT molecular complexity index is 1410. The van der Waals surface area contributed by atoms with Crippen molar-refractivity contribution in [3.8, 4) is 22.4 Å². The van der Waals surface area contributed by atoms with Gasteiger partial charge in [0.05, 0.1) is 11.2 Å². The van der Waals surface area contributed by atoms with Crippen LogP contribution in [0.5, 0.6) is 0 Å². The first-order valence-corrected chi connectivity index (χ1v) is 12.0. The van der Waals surface area contributed by atoms with Gasteiger partial charge in [0.1, 0.15) is 0 Å². The molecule has 0 saturated carbocycles. The van der Waals surface area contributed by atoms with Gasteiger partial charge < -0.3 is 5.73 Å². The van der Waals surface area contributed by atoms with Crippen molar-refractivity contribution in [2.75, 3.05) is 5.73 Å². The lowest BCUT2D eigenvalue weighted by Crippen LogP contribution is -2.02. The van der Waals surface area contributed by atoms with E-state index in [1.165, 1.54) is 11.1 Å². The van der Waals surface area contributed by atoms with Gasteiger partial charge in [-0.3, -0.25) is 0 Å². The van der Waals surface area contributed by atoms with E-state index in [2.05, 4.69) is 105 Å². The van der Waals surface area contributed by atoms with Gasteiger partial charge in [-0.1, -0.05) is 92.5 Å². The Morgan fingerprint density at radius 2 is 1.38 bits per heavy atom. The minimum Gasteiger partial charge on any atom is -0.398 e.